The minimum Gasteiger partial charge on any atom is -0.351 e. The molecule has 0 atom stereocenters. The van der Waals surface area contributed by atoms with E-state index in [1.54, 1.807) is 11.3 Å². The fourth-order valence-corrected chi connectivity index (χ4v) is 5.55. The molecule has 1 N–H and O–H groups in total. The van der Waals surface area contributed by atoms with E-state index in [0.717, 1.165) is 23.2 Å². The summed E-state index contributed by atoms with van der Waals surface area (Å²) in [7, 11) is 0. The molecule has 2 nitrogen and oxygen atoms in total. The Hall–Kier alpha value is -0.350. The van der Waals surface area contributed by atoms with Crippen LogP contribution in [0.1, 0.15) is 65.1 Å². The minimum absolute atomic E-state index is 0.139. The molecule has 1 amide bonds. The van der Waals surface area contributed by atoms with E-state index >= 15 is 0 Å². The van der Waals surface area contributed by atoms with Crippen molar-refractivity contribution < 1.29 is 4.79 Å². The molecule has 3 rings (SSSR count). The number of fused-ring (bicyclic) bond motifs is 1. The summed E-state index contributed by atoms with van der Waals surface area (Å²) in [5.74, 6) is 0.139. The molecule has 1 fully saturated rings. The van der Waals surface area contributed by atoms with Crippen molar-refractivity contribution in [3.8, 4) is 0 Å². The third-order valence-electron chi connectivity index (χ3n) is 5.04. The molecule has 0 radical (unpaired) electrons. The number of nitrogens with one attached hydrogen (secondary N) is 1. The first-order chi connectivity index (χ1) is 10.2. The summed E-state index contributed by atoms with van der Waals surface area (Å²) in [6, 6.07) is 2.15. The Kier molecular flexibility index (Phi) is 5.05. The molecule has 1 aromatic heterocycles. The van der Waals surface area contributed by atoms with Crippen LogP contribution in [0.5, 0.6) is 0 Å². The number of alkyl halides is 1. The van der Waals surface area contributed by atoms with Gasteiger partial charge in [-0.15, -0.1) is 11.3 Å². The normalized spacial score (nSPS) is 20.8. The highest BCUT2D eigenvalue weighted by Gasteiger charge is 2.33. The number of thiophene rings is 1. The molecule has 1 saturated carbocycles. The van der Waals surface area contributed by atoms with Crippen LogP contribution >= 0.6 is 27.3 Å². The maximum atomic E-state index is 12.4. The molecule has 0 unspecified atom stereocenters. The van der Waals surface area contributed by atoms with Crippen LogP contribution in [0.15, 0.2) is 6.07 Å². The monoisotopic (exact) mass is 369 g/mol. The fourth-order valence-electron chi connectivity index (χ4n) is 3.62. The van der Waals surface area contributed by atoms with Gasteiger partial charge in [-0.25, -0.2) is 0 Å². The third-order valence-corrected chi connectivity index (χ3v) is 7.47. The van der Waals surface area contributed by atoms with E-state index in [-0.39, 0.29) is 5.91 Å². The average molecular weight is 370 g/mol. The second-order valence-corrected chi connectivity index (χ2v) is 8.34. The quantitative estimate of drug-likeness (QED) is 0.604. The molecule has 4 heteroatoms. The second-order valence-electron chi connectivity index (χ2n) is 6.64. The molecule has 21 heavy (non-hydrogen) atoms. The number of hydrogen-bond acceptors (Lipinski definition) is 2. The Morgan fingerprint density at radius 2 is 1.95 bits per heavy atom. The first-order valence-corrected chi connectivity index (χ1v) is 10.1. The number of carbonyl (C=O) groups is 1. The summed E-state index contributed by atoms with van der Waals surface area (Å²) in [6.07, 6.45) is 11.3. The van der Waals surface area contributed by atoms with Gasteiger partial charge >= 0.3 is 0 Å². The van der Waals surface area contributed by atoms with Gasteiger partial charge in [0, 0.05) is 16.8 Å². The Balaban J connectivity index is 1.63. The van der Waals surface area contributed by atoms with Gasteiger partial charge in [0.25, 0.3) is 5.91 Å². The van der Waals surface area contributed by atoms with Gasteiger partial charge < -0.3 is 5.32 Å². The fraction of sp³-hybridized carbons (Fsp3) is 0.706. The van der Waals surface area contributed by atoms with Crippen LogP contribution in [0, 0.1) is 5.41 Å². The molecule has 0 aromatic carbocycles. The highest BCUT2D eigenvalue weighted by atomic mass is 79.9. The van der Waals surface area contributed by atoms with Crippen molar-refractivity contribution in [2.24, 2.45) is 5.41 Å². The highest BCUT2D eigenvalue weighted by Crippen LogP contribution is 2.39. The van der Waals surface area contributed by atoms with Crippen molar-refractivity contribution in [1.82, 2.24) is 5.32 Å². The van der Waals surface area contributed by atoms with Gasteiger partial charge in [-0.3, -0.25) is 4.79 Å². The van der Waals surface area contributed by atoms with Gasteiger partial charge in [-0.1, -0.05) is 35.2 Å². The number of rotatable bonds is 4. The Morgan fingerprint density at radius 3 is 2.71 bits per heavy atom. The van der Waals surface area contributed by atoms with Crippen molar-refractivity contribution in [3.63, 3.8) is 0 Å². The molecular weight excluding hydrogens is 346 g/mol. The van der Waals surface area contributed by atoms with Crippen LogP contribution < -0.4 is 5.32 Å². The highest BCUT2D eigenvalue weighted by molar-refractivity contribution is 9.09. The van der Waals surface area contributed by atoms with Gasteiger partial charge in [0.05, 0.1) is 4.88 Å². The number of amides is 1. The van der Waals surface area contributed by atoms with Crippen LogP contribution in [-0.4, -0.2) is 17.8 Å². The zero-order valence-corrected chi connectivity index (χ0v) is 15.0. The summed E-state index contributed by atoms with van der Waals surface area (Å²) in [5, 5.41) is 4.20. The topological polar surface area (TPSA) is 29.1 Å². The predicted octanol–water partition coefficient (Wildman–Crippen LogP) is 4.70. The molecule has 1 heterocycles. The SMILES string of the molecule is O=C(NCC1(CBr)CCCC1)c1cc2c(s1)CCCCC2. The van der Waals surface area contributed by atoms with Gasteiger partial charge in [0.1, 0.15) is 0 Å². The molecule has 0 aliphatic heterocycles. The van der Waals surface area contributed by atoms with Crippen molar-refractivity contribution in [1.29, 1.82) is 0 Å². The van der Waals surface area contributed by atoms with Crippen LogP contribution in [-0.2, 0) is 12.8 Å². The van der Waals surface area contributed by atoms with Gasteiger partial charge in [0.15, 0.2) is 0 Å². The van der Waals surface area contributed by atoms with E-state index in [9.17, 15) is 4.79 Å². The summed E-state index contributed by atoms with van der Waals surface area (Å²) in [4.78, 5) is 14.8. The standard InChI is InChI=1S/C17H24BrNOS/c18-11-17(8-4-5-9-17)12-19-16(20)15-10-13-6-2-1-3-7-14(13)21-15/h10H,1-9,11-12H2,(H,19,20). The van der Waals surface area contributed by atoms with E-state index < -0.39 is 0 Å². The summed E-state index contributed by atoms with van der Waals surface area (Å²) in [5.41, 5.74) is 1.73. The summed E-state index contributed by atoms with van der Waals surface area (Å²) < 4.78 is 0. The van der Waals surface area contributed by atoms with E-state index in [2.05, 4.69) is 27.3 Å². The van der Waals surface area contributed by atoms with Crippen LogP contribution in [0.3, 0.4) is 0 Å². The van der Waals surface area contributed by atoms with Gasteiger partial charge in [-0.2, -0.15) is 0 Å². The lowest BCUT2D eigenvalue weighted by Gasteiger charge is -2.26. The maximum Gasteiger partial charge on any atom is 0.261 e. The van der Waals surface area contributed by atoms with E-state index in [1.807, 2.05) is 0 Å². The van der Waals surface area contributed by atoms with E-state index in [1.165, 1.54) is 61.8 Å². The Bertz CT molecular complexity index is 481. The van der Waals surface area contributed by atoms with Crippen LogP contribution in [0.2, 0.25) is 0 Å². The summed E-state index contributed by atoms with van der Waals surface area (Å²) in [6.45, 7) is 0.819. The Morgan fingerprint density at radius 1 is 1.19 bits per heavy atom. The predicted molar refractivity (Wildman–Crippen MR) is 92.6 cm³/mol. The molecular formula is C17H24BrNOS. The van der Waals surface area contributed by atoms with Gasteiger partial charge in [0.2, 0.25) is 0 Å². The number of hydrogen-bond donors (Lipinski definition) is 1. The maximum absolute atomic E-state index is 12.4. The lowest BCUT2D eigenvalue weighted by atomic mass is 9.89. The minimum atomic E-state index is 0.139. The van der Waals surface area contributed by atoms with Crippen molar-refractivity contribution in [2.75, 3.05) is 11.9 Å². The molecule has 0 spiro atoms. The lowest BCUT2D eigenvalue weighted by Crippen LogP contribution is -2.36. The second kappa shape index (κ2) is 6.82. The Labute approximate surface area is 139 Å². The third kappa shape index (κ3) is 3.53. The number of carbonyl (C=O) groups excluding carboxylic acids is 1. The van der Waals surface area contributed by atoms with E-state index in [0.29, 0.717) is 5.41 Å². The molecule has 2 aliphatic carbocycles. The van der Waals surface area contributed by atoms with E-state index in [4.69, 9.17) is 0 Å². The van der Waals surface area contributed by atoms with Crippen molar-refractivity contribution >= 4 is 33.2 Å². The first-order valence-electron chi connectivity index (χ1n) is 8.18. The molecule has 0 bridgehead atoms. The largest absolute Gasteiger partial charge is 0.351 e. The first kappa shape index (κ1) is 15.5. The van der Waals surface area contributed by atoms with Gasteiger partial charge in [-0.05, 0) is 55.6 Å². The number of aryl methyl sites for hydroxylation is 2. The molecule has 2 aliphatic rings. The van der Waals surface area contributed by atoms with Crippen molar-refractivity contribution in [2.45, 2.75) is 57.8 Å². The average Bonchev–Trinajstić information content (AvgIpc) is 3.08. The smallest absolute Gasteiger partial charge is 0.261 e. The van der Waals surface area contributed by atoms with Crippen molar-refractivity contribution in [3.05, 3.63) is 21.4 Å². The van der Waals surface area contributed by atoms with Crippen LogP contribution in [0.4, 0.5) is 0 Å². The summed E-state index contributed by atoms with van der Waals surface area (Å²) >= 11 is 5.37. The lowest BCUT2D eigenvalue weighted by molar-refractivity contribution is 0.0939. The number of halogens is 1. The zero-order chi connectivity index (χ0) is 14.7. The zero-order valence-electron chi connectivity index (χ0n) is 12.5. The molecule has 1 aromatic rings. The molecule has 0 saturated heterocycles. The molecule has 116 valence electrons. The van der Waals surface area contributed by atoms with Crippen LogP contribution in [0.25, 0.3) is 0 Å².